The van der Waals surface area contributed by atoms with Gasteiger partial charge < -0.3 is 10.0 Å². The summed E-state index contributed by atoms with van der Waals surface area (Å²) in [6.45, 7) is 2.15. The maximum atomic E-state index is 12.6. The summed E-state index contributed by atoms with van der Waals surface area (Å²) in [6.07, 6.45) is 10.9. The predicted molar refractivity (Wildman–Crippen MR) is 82.0 cm³/mol. The van der Waals surface area contributed by atoms with Crippen LogP contribution in [0.1, 0.15) is 77.6 Å². The van der Waals surface area contributed by atoms with Crippen molar-refractivity contribution in [1.82, 2.24) is 4.90 Å². The second kappa shape index (κ2) is 7.81. The maximum Gasteiger partial charge on any atom is 0.326 e. The van der Waals surface area contributed by atoms with Crippen molar-refractivity contribution in [3.8, 4) is 0 Å². The van der Waals surface area contributed by atoms with Crippen LogP contribution >= 0.6 is 0 Å². The molecule has 1 aliphatic carbocycles. The zero-order valence-electron chi connectivity index (χ0n) is 13.2. The van der Waals surface area contributed by atoms with Gasteiger partial charge in [-0.25, -0.2) is 4.79 Å². The Hall–Kier alpha value is -1.06. The molecule has 1 saturated heterocycles. The van der Waals surface area contributed by atoms with E-state index in [1.807, 2.05) is 0 Å². The normalized spacial score (nSPS) is 29.0. The van der Waals surface area contributed by atoms with E-state index in [1.54, 1.807) is 4.90 Å². The SMILES string of the molecule is CCCCCCC(=O)N1C(C(=O)O)CCC2CCCCC21. The van der Waals surface area contributed by atoms with Gasteiger partial charge in [-0.3, -0.25) is 4.79 Å². The maximum absolute atomic E-state index is 12.6. The lowest BCUT2D eigenvalue weighted by atomic mass is 9.76. The monoisotopic (exact) mass is 295 g/mol. The molecule has 3 atom stereocenters. The molecule has 1 N–H and O–H groups in total. The second-order valence-electron chi connectivity index (χ2n) is 6.65. The first kappa shape index (κ1) is 16.3. The van der Waals surface area contributed by atoms with Gasteiger partial charge in [0.2, 0.25) is 5.91 Å². The van der Waals surface area contributed by atoms with Gasteiger partial charge in [0.15, 0.2) is 0 Å². The van der Waals surface area contributed by atoms with Crippen LogP contribution in [0.15, 0.2) is 0 Å². The van der Waals surface area contributed by atoms with Gasteiger partial charge in [0.1, 0.15) is 6.04 Å². The molecule has 0 spiro atoms. The number of likely N-dealkylation sites (tertiary alicyclic amines) is 1. The lowest BCUT2D eigenvalue weighted by Crippen LogP contribution is -2.57. The van der Waals surface area contributed by atoms with Gasteiger partial charge in [-0.05, 0) is 38.0 Å². The van der Waals surface area contributed by atoms with Crippen molar-refractivity contribution in [1.29, 1.82) is 0 Å². The molecule has 1 amide bonds. The number of hydrogen-bond donors (Lipinski definition) is 1. The summed E-state index contributed by atoms with van der Waals surface area (Å²) < 4.78 is 0. The number of nitrogens with zero attached hydrogens (tertiary/aromatic N) is 1. The third kappa shape index (κ3) is 3.98. The van der Waals surface area contributed by atoms with E-state index in [0.717, 1.165) is 51.4 Å². The zero-order valence-corrected chi connectivity index (χ0v) is 13.2. The standard InChI is InChI=1S/C17H29NO3/c1-2-3-4-5-10-16(19)18-14-9-7-6-8-13(14)11-12-15(18)17(20)21/h13-15H,2-12H2,1H3,(H,20,21). The quantitative estimate of drug-likeness (QED) is 0.762. The molecular formula is C17H29NO3. The average Bonchev–Trinajstić information content (AvgIpc) is 2.50. The topological polar surface area (TPSA) is 57.6 Å². The van der Waals surface area contributed by atoms with Crippen LogP contribution in [0.2, 0.25) is 0 Å². The van der Waals surface area contributed by atoms with E-state index in [9.17, 15) is 14.7 Å². The molecule has 1 aliphatic heterocycles. The highest BCUT2D eigenvalue weighted by atomic mass is 16.4. The number of amides is 1. The molecule has 0 aromatic rings. The van der Waals surface area contributed by atoms with E-state index in [4.69, 9.17) is 0 Å². The number of carboxylic acids is 1. The van der Waals surface area contributed by atoms with Crippen LogP contribution in [0.25, 0.3) is 0 Å². The summed E-state index contributed by atoms with van der Waals surface area (Å²) >= 11 is 0. The summed E-state index contributed by atoms with van der Waals surface area (Å²) in [5.41, 5.74) is 0. The zero-order chi connectivity index (χ0) is 15.2. The van der Waals surface area contributed by atoms with Crippen molar-refractivity contribution < 1.29 is 14.7 Å². The Kier molecular flexibility index (Phi) is 6.07. The molecule has 2 rings (SSSR count). The summed E-state index contributed by atoms with van der Waals surface area (Å²) in [4.78, 5) is 25.9. The van der Waals surface area contributed by atoms with Crippen LogP contribution in [0.3, 0.4) is 0 Å². The highest BCUT2D eigenvalue weighted by molar-refractivity contribution is 5.84. The smallest absolute Gasteiger partial charge is 0.326 e. The Balaban J connectivity index is 2.01. The van der Waals surface area contributed by atoms with Crippen LogP contribution < -0.4 is 0 Å². The number of carboxylic acid groups (broad SMARTS) is 1. The number of carbonyl (C=O) groups excluding carboxylic acids is 1. The van der Waals surface area contributed by atoms with Crippen LogP contribution in [0.4, 0.5) is 0 Å². The van der Waals surface area contributed by atoms with Crippen molar-refractivity contribution in [2.24, 2.45) is 5.92 Å². The van der Waals surface area contributed by atoms with E-state index in [1.165, 1.54) is 6.42 Å². The average molecular weight is 295 g/mol. The Morgan fingerprint density at radius 2 is 1.81 bits per heavy atom. The van der Waals surface area contributed by atoms with Crippen LogP contribution in [0.5, 0.6) is 0 Å². The van der Waals surface area contributed by atoms with E-state index < -0.39 is 12.0 Å². The summed E-state index contributed by atoms with van der Waals surface area (Å²) in [5.74, 6) is -0.204. The highest BCUT2D eigenvalue weighted by Crippen LogP contribution is 2.38. The highest BCUT2D eigenvalue weighted by Gasteiger charge is 2.43. The fraction of sp³-hybridized carbons (Fsp3) is 0.882. The van der Waals surface area contributed by atoms with Gasteiger partial charge in [0.05, 0.1) is 0 Å². The molecule has 1 heterocycles. The van der Waals surface area contributed by atoms with Gasteiger partial charge in [0.25, 0.3) is 0 Å². The molecule has 0 aromatic carbocycles. The molecule has 4 heteroatoms. The molecule has 1 saturated carbocycles. The van der Waals surface area contributed by atoms with Crippen LogP contribution in [-0.4, -0.2) is 34.0 Å². The largest absolute Gasteiger partial charge is 0.480 e. The minimum atomic E-state index is -0.819. The van der Waals surface area contributed by atoms with Crippen molar-refractivity contribution >= 4 is 11.9 Å². The Morgan fingerprint density at radius 3 is 2.52 bits per heavy atom. The minimum Gasteiger partial charge on any atom is -0.480 e. The first-order valence-electron chi connectivity index (χ1n) is 8.69. The second-order valence-corrected chi connectivity index (χ2v) is 6.65. The van der Waals surface area contributed by atoms with Gasteiger partial charge >= 0.3 is 5.97 Å². The van der Waals surface area contributed by atoms with Crippen LogP contribution in [0, 0.1) is 5.92 Å². The van der Waals surface area contributed by atoms with E-state index in [-0.39, 0.29) is 11.9 Å². The molecule has 0 radical (unpaired) electrons. The number of carbonyl (C=O) groups is 2. The third-order valence-corrected chi connectivity index (χ3v) is 5.19. The van der Waals surface area contributed by atoms with E-state index >= 15 is 0 Å². The number of hydrogen-bond acceptors (Lipinski definition) is 2. The Bertz CT molecular complexity index is 369. The first-order chi connectivity index (χ1) is 10.1. The fourth-order valence-corrected chi connectivity index (χ4v) is 4.07. The van der Waals surface area contributed by atoms with E-state index in [2.05, 4.69) is 6.92 Å². The Morgan fingerprint density at radius 1 is 1.05 bits per heavy atom. The number of unbranched alkanes of at least 4 members (excludes halogenated alkanes) is 3. The van der Waals surface area contributed by atoms with Crippen molar-refractivity contribution in [3.05, 3.63) is 0 Å². The molecule has 120 valence electrons. The Labute approximate surface area is 127 Å². The van der Waals surface area contributed by atoms with Crippen molar-refractivity contribution in [2.75, 3.05) is 0 Å². The molecule has 0 aromatic heterocycles. The first-order valence-corrected chi connectivity index (χ1v) is 8.69. The predicted octanol–water partition coefficient (Wildman–Crippen LogP) is 3.59. The number of piperidine rings is 1. The number of rotatable bonds is 6. The molecule has 21 heavy (non-hydrogen) atoms. The van der Waals surface area contributed by atoms with Gasteiger partial charge in [-0.15, -0.1) is 0 Å². The number of aliphatic carboxylic acids is 1. The molecule has 2 aliphatic rings. The minimum absolute atomic E-state index is 0.0788. The summed E-state index contributed by atoms with van der Waals surface area (Å²) in [6, 6.07) is -0.393. The molecule has 0 bridgehead atoms. The van der Waals surface area contributed by atoms with Crippen molar-refractivity contribution in [2.45, 2.75) is 89.6 Å². The third-order valence-electron chi connectivity index (χ3n) is 5.19. The van der Waals surface area contributed by atoms with Gasteiger partial charge in [0, 0.05) is 12.5 Å². The fourth-order valence-electron chi connectivity index (χ4n) is 4.07. The molecule has 3 unspecified atom stereocenters. The van der Waals surface area contributed by atoms with Gasteiger partial charge in [-0.1, -0.05) is 39.0 Å². The number of fused-ring (bicyclic) bond motifs is 1. The molecular weight excluding hydrogens is 266 g/mol. The van der Waals surface area contributed by atoms with Crippen molar-refractivity contribution in [3.63, 3.8) is 0 Å². The summed E-state index contributed by atoms with van der Waals surface area (Å²) in [5, 5.41) is 9.46. The lowest BCUT2D eigenvalue weighted by molar-refractivity contribution is -0.158. The summed E-state index contributed by atoms with van der Waals surface area (Å²) in [7, 11) is 0. The molecule has 2 fully saturated rings. The molecule has 4 nitrogen and oxygen atoms in total. The van der Waals surface area contributed by atoms with Crippen LogP contribution in [-0.2, 0) is 9.59 Å². The van der Waals surface area contributed by atoms with Gasteiger partial charge in [-0.2, -0.15) is 0 Å². The lowest BCUT2D eigenvalue weighted by Gasteiger charge is -2.47. The van der Waals surface area contributed by atoms with E-state index in [0.29, 0.717) is 18.8 Å².